The van der Waals surface area contributed by atoms with E-state index in [9.17, 15) is 13.6 Å². The summed E-state index contributed by atoms with van der Waals surface area (Å²) in [5, 5.41) is 0. The van der Waals surface area contributed by atoms with Crippen molar-refractivity contribution in [1.82, 2.24) is 4.90 Å². The highest BCUT2D eigenvalue weighted by Crippen LogP contribution is 2.23. The Kier molecular flexibility index (Phi) is 5.14. The first kappa shape index (κ1) is 15.0. The van der Waals surface area contributed by atoms with E-state index in [0.29, 0.717) is 19.8 Å². The quantitative estimate of drug-likeness (QED) is 0.802. The topological polar surface area (TPSA) is 38.8 Å². The van der Waals surface area contributed by atoms with Gasteiger partial charge in [-0.3, -0.25) is 4.79 Å². The van der Waals surface area contributed by atoms with Gasteiger partial charge in [-0.25, -0.2) is 0 Å². The summed E-state index contributed by atoms with van der Waals surface area (Å²) in [5.74, 6) is -0.286. The number of nitrogens with zero attached hydrogens (tertiary/aromatic N) is 1. The molecular weight excluding hydrogens is 292 g/mol. The molecule has 20 heavy (non-hydrogen) atoms. The molecule has 1 heterocycles. The van der Waals surface area contributed by atoms with Crippen LogP contribution in [0.1, 0.15) is 10.4 Å². The summed E-state index contributed by atoms with van der Waals surface area (Å²) >= 11 is 5.81. The lowest BCUT2D eigenvalue weighted by Gasteiger charge is -2.34. The standard InChI is InChI=1S/C13H14ClF2NO3/c14-7-9-8-19-6-5-17(9)12(18)10-3-1-2-4-11(10)20-13(15)16/h1-4,9,13H,5-8H2. The summed E-state index contributed by atoms with van der Waals surface area (Å²) in [6.45, 7) is -1.86. The second-order valence-corrected chi connectivity index (χ2v) is 4.56. The van der Waals surface area contributed by atoms with E-state index in [4.69, 9.17) is 16.3 Å². The van der Waals surface area contributed by atoms with Crippen LogP contribution >= 0.6 is 11.6 Å². The number of carbonyl (C=O) groups is 1. The molecule has 1 aromatic rings. The van der Waals surface area contributed by atoms with Crippen LogP contribution in [-0.4, -0.2) is 49.1 Å². The van der Waals surface area contributed by atoms with Gasteiger partial charge in [-0.15, -0.1) is 11.6 Å². The molecule has 0 aliphatic carbocycles. The van der Waals surface area contributed by atoms with Crippen molar-refractivity contribution in [3.63, 3.8) is 0 Å². The van der Waals surface area contributed by atoms with Crippen LogP contribution in [0.5, 0.6) is 5.75 Å². The normalized spacial score (nSPS) is 19.2. The zero-order chi connectivity index (χ0) is 14.5. The van der Waals surface area contributed by atoms with Gasteiger partial charge < -0.3 is 14.4 Å². The van der Waals surface area contributed by atoms with Gasteiger partial charge in [0.15, 0.2) is 0 Å². The summed E-state index contributed by atoms with van der Waals surface area (Å²) in [7, 11) is 0. The van der Waals surface area contributed by atoms with Crippen molar-refractivity contribution >= 4 is 17.5 Å². The third kappa shape index (κ3) is 3.37. The molecule has 0 saturated carbocycles. The van der Waals surface area contributed by atoms with Crippen LogP contribution in [0.15, 0.2) is 24.3 Å². The number of hydrogen-bond acceptors (Lipinski definition) is 3. The fraction of sp³-hybridized carbons (Fsp3) is 0.462. The Labute approximate surface area is 120 Å². The smallest absolute Gasteiger partial charge is 0.387 e. The Morgan fingerprint density at radius 1 is 1.50 bits per heavy atom. The molecule has 0 bridgehead atoms. The third-order valence-electron chi connectivity index (χ3n) is 3.00. The molecule has 1 fully saturated rings. The maximum atomic E-state index is 12.5. The first-order valence-corrected chi connectivity index (χ1v) is 6.65. The Balaban J connectivity index is 2.23. The molecule has 110 valence electrons. The molecule has 0 N–H and O–H groups in total. The molecule has 1 unspecified atom stereocenters. The molecule has 0 aromatic heterocycles. The number of para-hydroxylation sites is 1. The van der Waals surface area contributed by atoms with Crippen molar-refractivity contribution < 1.29 is 23.0 Å². The van der Waals surface area contributed by atoms with Gasteiger partial charge in [0, 0.05) is 12.4 Å². The summed E-state index contributed by atoms with van der Waals surface area (Å²) in [4.78, 5) is 14.0. The molecule has 4 nitrogen and oxygen atoms in total. The molecule has 2 rings (SSSR count). The van der Waals surface area contributed by atoms with E-state index in [2.05, 4.69) is 4.74 Å². The van der Waals surface area contributed by atoms with Crippen molar-refractivity contribution in [1.29, 1.82) is 0 Å². The van der Waals surface area contributed by atoms with Gasteiger partial charge in [0.2, 0.25) is 0 Å². The number of alkyl halides is 3. The highest BCUT2D eigenvalue weighted by atomic mass is 35.5. The van der Waals surface area contributed by atoms with Crippen LogP contribution in [0.3, 0.4) is 0 Å². The van der Waals surface area contributed by atoms with Crippen LogP contribution < -0.4 is 4.74 Å². The molecule has 1 aliphatic heterocycles. The first-order chi connectivity index (χ1) is 9.63. The predicted molar refractivity (Wildman–Crippen MR) is 69.4 cm³/mol. The van der Waals surface area contributed by atoms with Gasteiger partial charge in [-0.2, -0.15) is 8.78 Å². The van der Waals surface area contributed by atoms with E-state index in [1.54, 1.807) is 6.07 Å². The highest BCUT2D eigenvalue weighted by Gasteiger charge is 2.29. The van der Waals surface area contributed by atoms with Crippen LogP contribution in [0.2, 0.25) is 0 Å². The van der Waals surface area contributed by atoms with Crippen LogP contribution in [0, 0.1) is 0 Å². The van der Waals surface area contributed by atoms with Gasteiger partial charge in [0.1, 0.15) is 5.75 Å². The molecule has 7 heteroatoms. The van der Waals surface area contributed by atoms with Crippen molar-refractivity contribution in [2.45, 2.75) is 12.7 Å². The van der Waals surface area contributed by atoms with E-state index in [1.807, 2.05) is 0 Å². The van der Waals surface area contributed by atoms with Crippen molar-refractivity contribution in [3.05, 3.63) is 29.8 Å². The van der Waals surface area contributed by atoms with E-state index < -0.39 is 6.61 Å². The van der Waals surface area contributed by atoms with Gasteiger partial charge in [0.25, 0.3) is 5.91 Å². The molecule has 1 aliphatic rings. The van der Waals surface area contributed by atoms with E-state index in [-0.39, 0.29) is 29.1 Å². The first-order valence-electron chi connectivity index (χ1n) is 6.12. The Morgan fingerprint density at radius 2 is 2.25 bits per heavy atom. The van der Waals surface area contributed by atoms with Gasteiger partial charge >= 0.3 is 6.61 Å². The fourth-order valence-electron chi connectivity index (χ4n) is 2.05. The van der Waals surface area contributed by atoms with Crippen LogP contribution in [0.4, 0.5) is 8.78 Å². The van der Waals surface area contributed by atoms with Gasteiger partial charge in [0.05, 0.1) is 24.8 Å². The van der Waals surface area contributed by atoms with E-state index in [1.165, 1.54) is 23.1 Å². The number of carbonyl (C=O) groups excluding carboxylic acids is 1. The average Bonchev–Trinajstić information content (AvgIpc) is 2.46. The predicted octanol–water partition coefficient (Wildman–Crippen LogP) is 2.37. The molecule has 1 aromatic carbocycles. The second-order valence-electron chi connectivity index (χ2n) is 4.26. The largest absolute Gasteiger partial charge is 0.434 e. The number of amides is 1. The van der Waals surface area contributed by atoms with Crippen LogP contribution in [0.25, 0.3) is 0 Å². The second kappa shape index (κ2) is 6.85. The molecule has 1 atom stereocenters. The molecular formula is C13H14ClF2NO3. The minimum absolute atomic E-state index is 0.102. The van der Waals surface area contributed by atoms with Gasteiger partial charge in [-0.05, 0) is 12.1 Å². The average molecular weight is 306 g/mol. The molecule has 0 spiro atoms. The SMILES string of the molecule is O=C(c1ccccc1OC(F)F)N1CCOCC1CCl. The lowest BCUT2D eigenvalue weighted by Crippen LogP contribution is -2.49. The Morgan fingerprint density at radius 3 is 2.95 bits per heavy atom. The summed E-state index contributed by atoms with van der Waals surface area (Å²) in [5.41, 5.74) is 0.102. The highest BCUT2D eigenvalue weighted by molar-refractivity contribution is 6.18. The Bertz CT molecular complexity index is 473. The fourth-order valence-corrected chi connectivity index (χ4v) is 2.30. The minimum atomic E-state index is -2.97. The zero-order valence-corrected chi connectivity index (χ0v) is 11.4. The van der Waals surface area contributed by atoms with E-state index >= 15 is 0 Å². The molecule has 0 radical (unpaired) electrons. The third-order valence-corrected chi connectivity index (χ3v) is 3.36. The number of ether oxygens (including phenoxy) is 2. The monoisotopic (exact) mass is 305 g/mol. The van der Waals surface area contributed by atoms with Crippen molar-refractivity contribution in [3.8, 4) is 5.75 Å². The maximum Gasteiger partial charge on any atom is 0.387 e. The lowest BCUT2D eigenvalue weighted by atomic mass is 10.1. The summed E-state index contributed by atoms with van der Waals surface area (Å²) in [6, 6.07) is 5.67. The summed E-state index contributed by atoms with van der Waals surface area (Å²) < 4.78 is 34.4. The molecule has 1 amide bonds. The Hall–Kier alpha value is -1.40. The van der Waals surface area contributed by atoms with Crippen LogP contribution in [-0.2, 0) is 4.74 Å². The number of rotatable bonds is 4. The number of hydrogen-bond donors (Lipinski definition) is 0. The van der Waals surface area contributed by atoms with Crippen molar-refractivity contribution in [2.24, 2.45) is 0 Å². The zero-order valence-electron chi connectivity index (χ0n) is 10.6. The number of benzene rings is 1. The van der Waals surface area contributed by atoms with Crippen molar-refractivity contribution in [2.75, 3.05) is 25.6 Å². The minimum Gasteiger partial charge on any atom is -0.434 e. The lowest BCUT2D eigenvalue weighted by molar-refractivity contribution is -0.0505. The van der Waals surface area contributed by atoms with Gasteiger partial charge in [-0.1, -0.05) is 12.1 Å². The molecule has 1 saturated heterocycles. The summed E-state index contributed by atoms with van der Waals surface area (Å²) in [6.07, 6.45) is 0. The number of halogens is 3. The number of morpholine rings is 1. The van der Waals surface area contributed by atoms with E-state index in [0.717, 1.165) is 0 Å². The maximum absolute atomic E-state index is 12.5.